The van der Waals surface area contributed by atoms with E-state index in [1.165, 1.54) is 5.57 Å². The van der Waals surface area contributed by atoms with Gasteiger partial charge in [-0.25, -0.2) is 0 Å². The van der Waals surface area contributed by atoms with Crippen molar-refractivity contribution in [2.75, 3.05) is 7.05 Å². The molecule has 0 atom stereocenters. The van der Waals surface area contributed by atoms with Crippen molar-refractivity contribution >= 4 is 5.71 Å². The molecule has 0 heterocycles. The maximum atomic E-state index is 4.24. The highest BCUT2D eigenvalue weighted by atomic mass is 14.7. The number of aliphatic imine (C=N–C) groups is 1. The first-order chi connectivity index (χ1) is 6.54. The van der Waals surface area contributed by atoms with Crippen LogP contribution >= 0.6 is 0 Å². The second kappa shape index (κ2) is 6.14. The Bertz CT molecular complexity index is 310. The molecule has 0 rings (SSSR count). The van der Waals surface area contributed by atoms with Crippen LogP contribution in [0.5, 0.6) is 0 Å². The lowest BCUT2D eigenvalue weighted by atomic mass is 10.00. The van der Waals surface area contributed by atoms with Gasteiger partial charge < -0.3 is 0 Å². The van der Waals surface area contributed by atoms with E-state index in [2.05, 4.69) is 32.0 Å². The minimum absolute atomic E-state index is 0.961. The second-order valence-electron chi connectivity index (χ2n) is 3.36. The van der Waals surface area contributed by atoms with Gasteiger partial charge >= 0.3 is 0 Å². The summed E-state index contributed by atoms with van der Waals surface area (Å²) in [4.78, 5) is 4.24. The van der Waals surface area contributed by atoms with Crippen molar-refractivity contribution < 1.29 is 0 Å². The Morgan fingerprint density at radius 2 is 1.79 bits per heavy atom. The summed E-state index contributed by atoms with van der Waals surface area (Å²) in [6, 6.07) is 0. The summed E-state index contributed by atoms with van der Waals surface area (Å²) in [6.07, 6.45) is 5.68. The lowest BCUT2D eigenvalue weighted by Gasteiger charge is -2.08. The Morgan fingerprint density at radius 3 is 2.07 bits per heavy atom. The number of nitrogens with zero attached hydrogens (tertiary/aromatic N) is 1. The van der Waals surface area contributed by atoms with Gasteiger partial charge in [-0.15, -0.1) is 0 Å². The van der Waals surface area contributed by atoms with Gasteiger partial charge in [-0.05, 0) is 31.9 Å². The maximum Gasteiger partial charge on any atom is 0.0665 e. The van der Waals surface area contributed by atoms with Gasteiger partial charge in [0, 0.05) is 7.05 Å². The minimum atomic E-state index is 0.961. The molecule has 76 valence electrons. The molecule has 0 aromatic heterocycles. The van der Waals surface area contributed by atoms with Gasteiger partial charge in [-0.2, -0.15) is 0 Å². The van der Waals surface area contributed by atoms with Crippen molar-refractivity contribution in [2.45, 2.75) is 20.8 Å². The van der Waals surface area contributed by atoms with Crippen LogP contribution in [0.1, 0.15) is 20.8 Å². The lowest BCUT2D eigenvalue weighted by Crippen LogP contribution is -2.03. The van der Waals surface area contributed by atoms with Gasteiger partial charge in [0.2, 0.25) is 0 Å². The summed E-state index contributed by atoms with van der Waals surface area (Å²) in [7, 11) is 1.79. The standard InChI is InChI=1S/C13H19N/c1-7-8-9-12(10(2)3)13(14-6)11(4)5/h7-9H,1,4H2,2-3,5-6H3/b9-8-,14-13-. The van der Waals surface area contributed by atoms with Crippen molar-refractivity contribution in [1.82, 2.24) is 0 Å². The van der Waals surface area contributed by atoms with Crippen molar-refractivity contribution in [3.8, 4) is 0 Å². The lowest BCUT2D eigenvalue weighted by molar-refractivity contribution is 1.32. The van der Waals surface area contributed by atoms with E-state index in [9.17, 15) is 0 Å². The third-order valence-electron chi connectivity index (χ3n) is 1.82. The van der Waals surface area contributed by atoms with E-state index in [-0.39, 0.29) is 0 Å². The van der Waals surface area contributed by atoms with Crippen molar-refractivity contribution in [2.24, 2.45) is 4.99 Å². The molecule has 0 aliphatic carbocycles. The average Bonchev–Trinajstić information content (AvgIpc) is 2.10. The topological polar surface area (TPSA) is 12.4 Å². The molecule has 0 N–H and O–H groups in total. The Labute approximate surface area is 87.3 Å². The number of hydrogen-bond donors (Lipinski definition) is 0. The van der Waals surface area contributed by atoms with Gasteiger partial charge in [-0.3, -0.25) is 4.99 Å². The highest BCUT2D eigenvalue weighted by molar-refractivity contribution is 6.13. The second-order valence-corrected chi connectivity index (χ2v) is 3.36. The smallest absolute Gasteiger partial charge is 0.0665 e. The molecule has 0 amide bonds. The molecule has 0 saturated carbocycles. The van der Waals surface area contributed by atoms with E-state index in [4.69, 9.17) is 0 Å². The molecular weight excluding hydrogens is 170 g/mol. The monoisotopic (exact) mass is 189 g/mol. The fourth-order valence-corrected chi connectivity index (χ4v) is 1.19. The molecule has 1 nitrogen and oxygen atoms in total. The van der Waals surface area contributed by atoms with Crippen molar-refractivity contribution in [3.63, 3.8) is 0 Å². The average molecular weight is 189 g/mol. The summed E-state index contributed by atoms with van der Waals surface area (Å²) >= 11 is 0. The zero-order chi connectivity index (χ0) is 11.1. The first kappa shape index (κ1) is 12.6. The van der Waals surface area contributed by atoms with Gasteiger partial charge in [0.05, 0.1) is 5.71 Å². The molecule has 0 aromatic carbocycles. The molecule has 0 saturated heterocycles. The largest absolute Gasteiger partial charge is 0.288 e. The molecule has 0 aliphatic rings. The van der Waals surface area contributed by atoms with E-state index in [0.717, 1.165) is 16.9 Å². The first-order valence-corrected chi connectivity index (χ1v) is 4.64. The van der Waals surface area contributed by atoms with Crippen LogP contribution in [0, 0.1) is 0 Å². The van der Waals surface area contributed by atoms with E-state index in [1.807, 2.05) is 19.1 Å². The highest BCUT2D eigenvalue weighted by Crippen LogP contribution is 2.13. The third-order valence-corrected chi connectivity index (χ3v) is 1.82. The van der Waals surface area contributed by atoms with Crippen LogP contribution in [0.25, 0.3) is 0 Å². The summed E-state index contributed by atoms with van der Waals surface area (Å²) in [6.45, 7) is 13.7. The van der Waals surface area contributed by atoms with Crippen LogP contribution < -0.4 is 0 Å². The third kappa shape index (κ3) is 3.56. The highest BCUT2D eigenvalue weighted by Gasteiger charge is 2.05. The molecule has 0 aliphatic heterocycles. The predicted octanol–water partition coefficient (Wildman–Crippen LogP) is 3.71. The quantitative estimate of drug-likeness (QED) is 0.472. The van der Waals surface area contributed by atoms with Crippen molar-refractivity contribution in [1.29, 1.82) is 0 Å². The SMILES string of the molecule is C=C/C=C\C(=C(C)C)/C(=N\C)C(=C)C. The van der Waals surface area contributed by atoms with E-state index in [1.54, 1.807) is 13.1 Å². The Hall–Kier alpha value is -1.37. The predicted molar refractivity (Wildman–Crippen MR) is 65.9 cm³/mol. The minimum Gasteiger partial charge on any atom is -0.288 e. The van der Waals surface area contributed by atoms with Gasteiger partial charge in [0.1, 0.15) is 0 Å². The normalized spacial score (nSPS) is 11.6. The van der Waals surface area contributed by atoms with E-state index < -0.39 is 0 Å². The molecule has 0 unspecified atom stereocenters. The molecule has 0 bridgehead atoms. The summed E-state index contributed by atoms with van der Waals surface area (Å²) in [5, 5.41) is 0. The van der Waals surface area contributed by atoms with Crippen LogP contribution in [0.4, 0.5) is 0 Å². The van der Waals surface area contributed by atoms with E-state index in [0.29, 0.717) is 0 Å². The molecule has 0 spiro atoms. The molecule has 1 heteroatoms. The van der Waals surface area contributed by atoms with E-state index >= 15 is 0 Å². The Balaban J connectivity index is 5.24. The van der Waals surface area contributed by atoms with Gasteiger partial charge in [0.15, 0.2) is 0 Å². The Morgan fingerprint density at radius 1 is 1.21 bits per heavy atom. The summed E-state index contributed by atoms with van der Waals surface area (Å²) in [5.41, 5.74) is 4.30. The fourth-order valence-electron chi connectivity index (χ4n) is 1.19. The number of hydrogen-bond acceptors (Lipinski definition) is 1. The zero-order valence-corrected chi connectivity index (χ0v) is 9.59. The maximum absolute atomic E-state index is 4.24. The molecule has 0 aromatic rings. The molecule has 14 heavy (non-hydrogen) atoms. The molecule has 0 fully saturated rings. The Kier molecular flexibility index (Phi) is 5.54. The van der Waals surface area contributed by atoms with Crippen LogP contribution in [0.15, 0.2) is 53.1 Å². The van der Waals surface area contributed by atoms with Crippen LogP contribution in [-0.2, 0) is 0 Å². The van der Waals surface area contributed by atoms with Crippen LogP contribution in [-0.4, -0.2) is 12.8 Å². The summed E-state index contributed by atoms with van der Waals surface area (Å²) < 4.78 is 0. The fraction of sp³-hybridized carbons (Fsp3) is 0.308. The first-order valence-electron chi connectivity index (χ1n) is 4.64. The van der Waals surface area contributed by atoms with Gasteiger partial charge in [-0.1, -0.05) is 37.0 Å². The summed E-state index contributed by atoms with van der Waals surface area (Å²) in [5.74, 6) is 0. The van der Waals surface area contributed by atoms with Gasteiger partial charge in [0.25, 0.3) is 0 Å². The number of allylic oxidation sites excluding steroid dienone is 6. The molecule has 0 radical (unpaired) electrons. The van der Waals surface area contributed by atoms with Crippen molar-refractivity contribution in [3.05, 3.63) is 48.1 Å². The molecular formula is C13H19N. The van der Waals surface area contributed by atoms with Crippen LogP contribution in [0.3, 0.4) is 0 Å². The zero-order valence-electron chi connectivity index (χ0n) is 9.59. The van der Waals surface area contributed by atoms with Crippen LogP contribution in [0.2, 0.25) is 0 Å². The number of rotatable bonds is 4.